The second-order valence-corrected chi connectivity index (χ2v) is 21.4. The minimum absolute atomic E-state index is 0.0301. The van der Waals surface area contributed by atoms with Gasteiger partial charge in [-0.3, -0.25) is 9.59 Å². The van der Waals surface area contributed by atoms with Crippen LogP contribution < -0.4 is 5.32 Å². The molecule has 0 aliphatic heterocycles. The number of rotatable bonds is 58. The molecule has 0 spiro atoms. The molecule has 6 nitrogen and oxygen atoms in total. The minimum atomic E-state index is -0.666. The summed E-state index contributed by atoms with van der Waals surface area (Å²) in [6.45, 7) is 4.86. The van der Waals surface area contributed by atoms with Crippen molar-refractivity contribution in [1.29, 1.82) is 0 Å². The van der Waals surface area contributed by atoms with E-state index in [0.717, 1.165) is 51.4 Å². The Morgan fingerprint density at radius 1 is 0.406 bits per heavy atom. The molecular formula is C63H121NO5. The predicted molar refractivity (Wildman–Crippen MR) is 301 cm³/mol. The molecule has 0 aliphatic carbocycles. The van der Waals surface area contributed by atoms with Gasteiger partial charge in [0.25, 0.3) is 0 Å². The van der Waals surface area contributed by atoms with E-state index in [1.165, 1.54) is 257 Å². The molecule has 0 saturated carbocycles. The van der Waals surface area contributed by atoms with Gasteiger partial charge < -0.3 is 20.3 Å². The molecule has 0 aromatic rings. The highest BCUT2D eigenvalue weighted by Gasteiger charge is 2.20. The number of ether oxygens (including phenoxy) is 1. The summed E-state index contributed by atoms with van der Waals surface area (Å²) in [6, 6.07) is -0.544. The van der Waals surface area contributed by atoms with Crippen LogP contribution in [0.25, 0.3) is 0 Å². The molecule has 6 heteroatoms. The zero-order valence-electron chi connectivity index (χ0n) is 46.6. The predicted octanol–water partition coefficient (Wildman–Crippen LogP) is 19.4. The first-order chi connectivity index (χ1) is 34.0. The Morgan fingerprint density at radius 3 is 1.10 bits per heavy atom. The van der Waals surface area contributed by atoms with E-state index in [2.05, 4.69) is 43.5 Å². The first-order valence-corrected chi connectivity index (χ1v) is 31.1. The van der Waals surface area contributed by atoms with Crippen molar-refractivity contribution >= 4 is 11.9 Å². The molecule has 0 fully saturated rings. The molecule has 69 heavy (non-hydrogen) atoms. The monoisotopic (exact) mass is 972 g/mol. The van der Waals surface area contributed by atoms with Crippen molar-refractivity contribution in [3.8, 4) is 0 Å². The maximum atomic E-state index is 12.5. The first kappa shape index (κ1) is 67.3. The molecule has 0 saturated heterocycles. The van der Waals surface area contributed by atoms with Crippen molar-refractivity contribution < 1.29 is 24.5 Å². The van der Waals surface area contributed by atoms with Crippen LogP contribution in [-0.2, 0) is 14.3 Å². The summed E-state index contributed by atoms with van der Waals surface area (Å²) in [5.41, 5.74) is 0. The fourth-order valence-corrected chi connectivity index (χ4v) is 9.77. The Labute approximate surface area is 431 Å². The fourth-order valence-electron chi connectivity index (χ4n) is 9.77. The van der Waals surface area contributed by atoms with E-state index in [1.54, 1.807) is 0 Å². The van der Waals surface area contributed by atoms with Crippen LogP contribution in [-0.4, -0.2) is 47.4 Å². The van der Waals surface area contributed by atoms with Crippen molar-refractivity contribution in [2.75, 3.05) is 13.2 Å². The van der Waals surface area contributed by atoms with Gasteiger partial charge in [-0.15, -0.1) is 0 Å². The highest BCUT2D eigenvalue weighted by Crippen LogP contribution is 2.18. The average Bonchev–Trinajstić information content (AvgIpc) is 3.35. The Kier molecular flexibility index (Phi) is 57.5. The van der Waals surface area contributed by atoms with Gasteiger partial charge in [0, 0.05) is 12.8 Å². The molecule has 3 N–H and O–H groups in total. The molecule has 0 rings (SSSR count). The van der Waals surface area contributed by atoms with Crippen molar-refractivity contribution in [2.45, 2.75) is 353 Å². The third-order valence-electron chi connectivity index (χ3n) is 14.5. The summed E-state index contributed by atoms with van der Waals surface area (Å²) in [6.07, 6.45) is 72.1. The number of carbonyl (C=O) groups excluding carboxylic acids is 2. The summed E-state index contributed by atoms with van der Waals surface area (Å²) >= 11 is 0. The normalized spacial score (nSPS) is 12.7. The molecule has 1 amide bonds. The zero-order valence-corrected chi connectivity index (χ0v) is 46.6. The van der Waals surface area contributed by atoms with Crippen molar-refractivity contribution in [3.63, 3.8) is 0 Å². The lowest BCUT2D eigenvalue weighted by Crippen LogP contribution is -2.45. The summed E-state index contributed by atoms with van der Waals surface area (Å²) in [4.78, 5) is 24.5. The highest BCUT2D eigenvalue weighted by molar-refractivity contribution is 5.76. The zero-order chi connectivity index (χ0) is 50.0. The molecule has 0 aliphatic rings. The van der Waals surface area contributed by atoms with Gasteiger partial charge in [-0.1, -0.05) is 308 Å². The lowest BCUT2D eigenvalue weighted by atomic mass is 10.0. The quantitative estimate of drug-likeness (QED) is 0.0321. The smallest absolute Gasteiger partial charge is 0.305 e. The van der Waals surface area contributed by atoms with Gasteiger partial charge >= 0.3 is 5.97 Å². The van der Waals surface area contributed by atoms with Crippen LogP contribution in [0.3, 0.4) is 0 Å². The third kappa shape index (κ3) is 55.5. The number of esters is 1. The number of carbonyl (C=O) groups is 2. The van der Waals surface area contributed by atoms with E-state index in [0.29, 0.717) is 25.9 Å². The highest BCUT2D eigenvalue weighted by atomic mass is 16.5. The molecule has 0 bridgehead atoms. The van der Waals surface area contributed by atoms with Gasteiger partial charge in [0.2, 0.25) is 5.91 Å². The van der Waals surface area contributed by atoms with Crippen LogP contribution in [0.1, 0.15) is 341 Å². The summed E-state index contributed by atoms with van der Waals surface area (Å²) in [7, 11) is 0. The second-order valence-electron chi connectivity index (χ2n) is 21.4. The summed E-state index contributed by atoms with van der Waals surface area (Å²) in [5, 5.41) is 23.2. The maximum Gasteiger partial charge on any atom is 0.305 e. The van der Waals surface area contributed by atoms with Gasteiger partial charge in [0.15, 0.2) is 0 Å². The van der Waals surface area contributed by atoms with E-state index < -0.39 is 12.1 Å². The topological polar surface area (TPSA) is 95.9 Å². The number of allylic oxidation sites excluding steroid dienone is 3. The van der Waals surface area contributed by atoms with E-state index in [9.17, 15) is 19.8 Å². The molecular weight excluding hydrogens is 851 g/mol. The Bertz CT molecular complexity index is 1080. The number of aliphatic hydroxyl groups excluding tert-OH is 2. The van der Waals surface area contributed by atoms with E-state index in [4.69, 9.17) is 4.74 Å². The van der Waals surface area contributed by atoms with E-state index in [1.807, 2.05) is 0 Å². The maximum absolute atomic E-state index is 12.5. The third-order valence-corrected chi connectivity index (χ3v) is 14.5. The summed E-state index contributed by atoms with van der Waals surface area (Å²) in [5.74, 6) is -0.0692. The van der Waals surface area contributed by atoms with Gasteiger partial charge in [-0.2, -0.15) is 0 Å². The Hall–Kier alpha value is -1.66. The molecule has 2 unspecified atom stereocenters. The number of amides is 1. The number of hydrogen-bond donors (Lipinski definition) is 3. The van der Waals surface area contributed by atoms with Crippen LogP contribution in [0, 0.1) is 0 Å². The van der Waals surface area contributed by atoms with Crippen LogP contribution in [0.2, 0.25) is 0 Å². The molecule has 408 valence electrons. The largest absolute Gasteiger partial charge is 0.465 e. The second kappa shape index (κ2) is 58.9. The number of hydrogen-bond acceptors (Lipinski definition) is 5. The molecule has 0 aromatic carbocycles. The van der Waals surface area contributed by atoms with Gasteiger partial charge in [-0.05, 0) is 44.9 Å². The lowest BCUT2D eigenvalue weighted by Gasteiger charge is -2.22. The van der Waals surface area contributed by atoms with Crippen molar-refractivity contribution in [1.82, 2.24) is 5.32 Å². The lowest BCUT2D eigenvalue weighted by molar-refractivity contribution is -0.143. The molecule has 0 radical (unpaired) electrons. The Balaban J connectivity index is 3.41. The van der Waals surface area contributed by atoms with Crippen molar-refractivity contribution in [3.05, 3.63) is 24.3 Å². The average molecular weight is 973 g/mol. The fraction of sp³-hybridized carbons (Fsp3) is 0.905. The molecule has 0 heterocycles. The summed E-state index contributed by atoms with van der Waals surface area (Å²) < 4.78 is 5.44. The van der Waals surface area contributed by atoms with Crippen LogP contribution in [0.5, 0.6) is 0 Å². The van der Waals surface area contributed by atoms with Crippen molar-refractivity contribution in [2.24, 2.45) is 0 Å². The van der Waals surface area contributed by atoms with Gasteiger partial charge in [0.1, 0.15) is 0 Å². The number of unbranched alkanes of at least 4 members (excludes halogenated alkanes) is 43. The molecule has 0 aromatic heterocycles. The molecule has 2 atom stereocenters. The van der Waals surface area contributed by atoms with E-state index in [-0.39, 0.29) is 18.5 Å². The van der Waals surface area contributed by atoms with Gasteiger partial charge in [0.05, 0.1) is 25.4 Å². The standard InChI is InChI=1S/C63H121NO5/c1-3-5-7-9-11-13-15-17-18-19-23-27-30-33-37-41-45-49-53-57-63(68)69-58-54-50-46-42-38-34-31-28-25-22-20-21-24-26-29-32-36-40-44-48-52-56-62(67)64-60(59-65)61(66)55-51-47-43-39-35-16-14-12-10-8-6-4-2/h34,38,46,50,60-61,65-66H,3-33,35-37,39-45,47-49,51-59H2,1-2H3,(H,64,67)/b38-34-,50-46-. The first-order valence-electron chi connectivity index (χ1n) is 31.1. The SMILES string of the molecule is CCCCCCCCCCCCCCCCCCCCCC(=O)OCC/C=C\C/C=C\CCCCCCCCCCCCCCCCC(=O)NC(CO)C(O)CCCCCCCCCCCCCC. The van der Waals surface area contributed by atoms with Gasteiger partial charge in [-0.25, -0.2) is 0 Å². The van der Waals surface area contributed by atoms with Crippen LogP contribution in [0.4, 0.5) is 0 Å². The number of aliphatic hydroxyl groups is 2. The van der Waals surface area contributed by atoms with E-state index >= 15 is 0 Å². The van der Waals surface area contributed by atoms with Crippen LogP contribution >= 0.6 is 0 Å². The number of nitrogens with one attached hydrogen (secondary N) is 1. The van der Waals surface area contributed by atoms with Crippen LogP contribution in [0.15, 0.2) is 24.3 Å². The minimum Gasteiger partial charge on any atom is -0.465 e. The Morgan fingerprint density at radius 2 is 0.725 bits per heavy atom.